The fraction of sp³-hybridized carbons (Fsp3) is 0.571. The van der Waals surface area contributed by atoms with Gasteiger partial charge in [0, 0.05) is 36.0 Å². The molecule has 2 amide bonds. The Morgan fingerprint density at radius 3 is 2.42 bits per heavy atom. The number of hydrogen-bond acceptors (Lipinski definition) is 6. The lowest BCUT2D eigenvalue weighted by Crippen LogP contribution is -2.50. The van der Waals surface area contributed by atoms with Crippen LogP contribution in [0.3, 0.4) is 0 Å². The lowest BCUT2D eigenvalue weighted by molar-refractivity contribution is -0.157. The first-order chi connectivity index (χ1) is 17.9. The molecule has 1 aromatic heterocycles. The zero-order valence-electron chi connectivity index (χ0n) is 23.0. The maximum absolute atomic E-state index is 13.4. The van der Waals surface area contributed by atoms with Crippen molar-refractivity contribution in [3.05, 3.63) is 36.0 Å². The molecule has 0 aliphatic heterocycles. The Balaban J connectivity index is 2.14. The van der Waals surface area contributed by atoms with Crippen LogP contribution < -0.4 is 10.6 Å². The van der Waals surface area contributed by atoms with E-state index in [4.69, 9.17) is 14.6 Å². The van der Waals surface area contributed by atoms with Crippen molar-refractivity contribution in [3.63, 3.8) is 0 Å². The number of hydrogen-bond donors (Lipinski definition) is 4. The summed E-state index contributed by atoms with van der Waals surface area (Å²) in [6.07, 6.45) is 2.31. The quantitative estimate of drug-likeness (QED) is 0.204. The van der Waals surface area contributed by atoms with Crippen molar-refractivity contribution >= 4 is 34.7 Å². The first kappa shape index (κ1) is 30.8. The van der Waals surface area contributed by atoms with E-state index in [2.05, 4.69) is 15.6 Å². The second-order valence-corrected chi connectivity index (χ2v) is 10.8. The summed E-state index contributed by atoms with van der Waals surface area (Å²) in [4.78, 5) is 52.8. The Kier molecular flexibility index (Phi) is 11.8. The molecule has 10 nitrogen and oxygen atoms in total. The number of H-pyrrole nitrogens is 1. The van der Waals surface area contributed by atoms with Crippen LogP contribution in [0.25, 0.3) is 10.9 Å². The second-order valence-electron chi connectivity index (χ2n) is 10.8. The Morgan fingerprint density at radius 1 is 1.05 bits per heavy atom. The zero-order chi connectivity index (χ0) is 28.3. The van der Waals surface area contributed by atoms with Crippen LogP contribution in [0.15, 0.2) is 30.5 Å². The van der Waals surface area contributed by atoms with Gasteiger partial charge in [-0.15, -0.1) is 0 Å². The minimum absolute atomic E-state index is 0.0439. The van der Waals surface area contributed by atoms with E-state index in [9.17, 15) is 19.2 Å². The Hall–Kier alpha value is -3.40. The number of aliphatic carboxylic acids is 1. The first-order valence-electron chi connectivity index (χ1n) is 13.0. The smallest absolute Gasteiger partial charge is 0.307 e. The molecule has 0 saturated carbocycles. The van der Waals surface area contributed by atoms with Gasteiger partial charge in [-0.2, -0.15) is 0 Å². The topological polar surface area (TPSA) is 147 Å². The van der Waals surface area contributed by atoms with E-state index < -0.39 is 35.4 Å². The number of amides is 2. The lowest BCUT2D eigenvalue weighted by atomic mass is 9.92. The van der Waals surface area contributed by atoms with Crippen molar-refractivity contribution in [1.29, 1.82) is 0 Å². The van der Waals surface area contributed by atoms with Gasteiger partial charge in [0.05, 0.1) is 26.1 Å². The van der Waals surface area contributed by atoms with Gasteiger partial charge in [-0.3, -0.25) is 19.2 Å². The molecule has 0 unspecified atom stereocenters. The van der Waals surface area contributed by atoms with Gasteiger partial charge in [0.25, 0.3) is 0 Å². The van der Waals surface area contributed by atoms with E-state index in [0.717, 1.165) is 16.5 Å². The largest absolute Gasteiger partial charge is 0.481 e. The molecule has 2 atom stereocenters. The molecule has 1 aromatic carbocycles. The number of ether oxygens (including phenoxy) is 2. The third kappa shape index (κ3) is 10.9. The molecule has 0 aliphatic carbocycles. The number of rotatable bonds is 15. The molecular weight excluding hydrogens is 490 g/mol. The van der Waals surface area contributed by atoms with Crippen molar-refractivity contribution < 1.29 is 33.8 Å². The summed E-state index contributed by atoms with van der Waals surface area (Å²) in [6, 6.07) is 6.79. The van der Waals surface area contributed by atoms with Gasteiger partial charge < -0.3 is 30.2 Å². The zero-order valence-corrected chi connectivity index (χ0v) is 23.0. The molecule has 2 aromatic rings. The maximum atomic E-state index is 13.4. The predicted molar refractivity (Wildman–Crippen MR) is 143 cm³/mol. The molecule has 0 bridgehead atoms. The third-order valence-corrected chi connectivity index (χ3v) is 5.70. The molecule has 1 heterocycles. The molecule has 0 saturated heterocycles. The van der Waals surface area contributed by atoms with E-state index in [0.29, 0.717) is 6.42 Å². The summed E-state index contributed by atoms with van der Waals surface area (Å²) >= 11 is 0. The van der Waals surface area contributed by atoms with Crippen molar-refractivity contribution in [1.82, 2.24) is 15.6 Å². The average Bonchev–Trinajstić information content (AvgIpc) is 3.21. The van der Waals surface area contributed by atoms with Crippen LogP contribution in [0.5, 0.6) is 0 Å². The number of aromatic nitrogens is 1. The van der Waals surface area contributed by atoms with Crippen LogP contribution in [-0.4, -0.2) is 65.2 Å². The summed E-state index contributed by atoms with van der Waals surface area (Å²) in [5, 5.41) is 15.3. The summed E-state index contributed by atoms with van der Waals surface area (Å²) < 4.78 is 10.7. The van der Waals surface area contributed by atoms with Gasteiger partial charge in [-0.25, -0.2) is 0 Å². The van der Waals surface area contributed by atoms with Crippen molar-refractivity contribution in [2.24, 2.45) is 11.8 Å². The number of fused-ring (bicyclic) bond motifs is 1. The van der Waals surface area contributed by atoms with Crippen LogP contribution in [0.1, 0.15) is 59.4 Å². The SMILES string of the molecule is CC(C)C[C@H](CC(=O)OC(C)(C)C)C(=O)N[C@@H](Cc1c[nH]c2ccccc12)C(=O)NCCOCCC(=O)O. The van der Waals surface area contributed by atoms with E-state index in [1.54, 1.807) is 20.8 Å². The lowest BCUT2D eigenvalue weighted by Gasteiger charge is -2.25. The first-order valence-corrected chi connectivity index (χ1v) is 13.0. The number of carboxylic acids is 1. The standard InChI is InChI=1S/C28H41N3O7/c1-18(2)14-19(16-25(34)38-28(3,4)5)26(35)31-23(27(36)29-11-13-37-12-10-24(32)33)15-20-17-30-22-9-7-6-8-21(20)22/h6-9,17-19,23,30H,10-16H2,1-5H3,(H,29,36)(H,31,35)(H,32,33)/t19-,23+/m1/s1. The number of carbonyl (C=O) groups is 4. The molecule has 10 heteroatoms. The minimum atomic E-state index is -0.960. The molecule has 0 radical (unpaired) electrons. The van der Waals surface area contributed by atoms with Gasteiger partial charge in [-0.05, 0) is 44.7 Å². The molecule has 4 N–H and O–H groups in total. The third-order valence-electron chi connectivity index (χ3n) is 5.70. The van der Waals surface area contributed by atoms with Crippen LogP contribution in [0, 0.1) is 11.8 Å². The maximum Gasteiger partial charge on any atom is 0.307 e. The van der Waals surface area contributed by atoms with Gasteiger partial charge in [-0.1, -0.05) is 32.0 Å². The minimum Gasteiger partial charge on any atom is -0.481 e. The Bertz CT molecular complexity index is 1090. The molecule has 210 valence electrons. The summed E-state index contributed by atoms with van der Waals surface area (Å²) in [6.45, 7) is 9.60. The van der Waals surface area contributed by atoms with E-state index in [-0.39, 0.29) is 50.8 Å². The van der Waals surface area contributed by atoms with Crippen molar-refractivity contribution in [2.45, 2.75) is 71.9 Å². The van der Waals surface area contributed by atoms with Gasteiger partial charge in [0.2, 0.25) is 11.8 Å². The van der Waals surface area contributed by atoms with Gasteiger partial charge >= 0.3 is 11.9 Å². The molecule has 38 heavy (non-hydrogen) atoms. The van der Waals surface area contributed by atoms with Gasteiger partial charge in [0.15, 0.2) is 0 Å². The molecule has 0 spiro atoms. The summed E-state index contributed by atoms with van der Waals surface area (Å²) in [7, 11) is 0. The molecular formula is C28H41N3O7. The highest BCUT2D eigenvalue weighted by atomic mass is 16.6. The average molecular weight is 532 g/mol. The number of aromatic amines is 1. The predicted octanol–water partition coefficient (Wildman–Crippen LogP) is 3.20. The van der Waals surface area contributed by atoms with E-state index in [1.165, 1.54) is 0 Å². The van der Waals surface area contributed by atoms with E-state index >= 15 is 0 Å². The molecule has 0 fully saturated rings. The van der Waals surface area contributed by atoms with Crippen LogP contribution >= 0.6 is 0 Å². The van der Waals surface area contributed by atoms with Crippen LogP contribution in [-0.2, 0) is 35.1 Å². The van der Waals surface area contributed by atoms with Crippen molar-refractivity contribution in [3.8, 4) is 0 Å². The Labute approximate surface area is 223 Å². The molecule has 0 aliphatic rings. The monoisotopic (exact) mass is 531 g/mol. The normalized spacial score (nSPS) is 13.2. The second kappa shape index (κ2) is 14.5. The number of para-hydroxylation sites is 1. The number of carbonyl (C=O) groups excluding carboxylic acids is 3. The highest BCUT2D eigenvalue weighted by molar-refractivity contribution is 5.91. The Morgan fingerprint density at radius 2 is 1.76 bits per heavy atom. The number of carboxylic acid groups (broad SMARTS) is 1. The van der Waals surface area contributed by atoms with Crippen LogP contribution in [0.2, 0.25) is 0 Å². The number of esters is 1. The highest BCUT2D eigenvalue weighted by Crippen LogP contribution is 2.21. The summed E-state index contributed by atoms with van der Waals surface area (Å²) in [5.41, 5.74) is 1.12. The van der Waals surface area contributed by atoms with Gasteiger partial charge in [0.1, 0.15) is 11.6 Å². The highest BCUT2D eigenvalue weighted by Gasteiger charge is 2.30. The number of benzene rings is 1. The fourth-order valence-corrected chi connectivity index (χ4v) is 4.09. The van der Waals surface area contributed by atoms with Crippen LogP contribution in [0.4, 0.5) is 0 Å². The molecule has 2 rings (SSSR count). The number of nitrogens with one attached hydrogen (secondary N) is 3. The van der Waals surface area contributed by atoms with Crippen molar-refractivity contribution in [2.75, 3.05) is 19.8 Å². The fourth-order valence-electron chi connectivity index (χ4n) is 4.09. The summed E-state index contributed by atoms with van der Waals surface area (Å²) in [5.74, 6) is -2.71. The van der Waals surface area contributed by atoms with E-state index in [1.807, 2.05) is 44.3 Å².